The summed E-state index contributed by atoms with van der Waals surface area (Å²) < 4.78 is 20.2. The van der Waals surface area contributed by atoms with Crippen molar-refractivity contribution in [3.8, 4) is 11.3 Å². The second-order valence-electron chi connectivity index (χ2n) is 5.20. The van der Waals surface area contributed by atoms with E-state index in [-0.39, 0.29) is 5.82 Å². The highest BCUT2D eigenvalue weighted by atomic mass is 19.1. The lowest BCUT2D eigenvalue weighted by molar-refractivity contribution is 0.474. The number of aryl methyl sites for hydroxylation is 1. The maximum absolute atomic E-state index is 13.1. The van der Waals surface area contributed by atoms with E-state index in [4.69, 9.17) is 4.42 Å². The Morgan fingerprint density at radius 2 is 2.00 bits per heavy atom. The largest absolute Gasteiger partial charge is 0.424 e. The molecule has 7 nitrogen and oxygen atoms in total. The molecule has 0 spiro atoms. The summed E-state index contributed by atoms with van der Waals surface area (Å²) in [5.74, 6) is 1.43. The number of aromatic nitrogens is 5. The summed E-state index contributed by atoms with van der Waals surface area (Å²) in [6, 6.07) is 9.84. The van der Waals surface area contributed by atoms with Gasteiger partial charge in [-0.1, -0.05) is 0 Å². The number of rotatable bonds is 4. The van der Waals surface area contributed by atoms with Gasteiger partial charge < -0.3 is 9.73 Å². The minimum atomic E-state index is -0.283. The zero-order valence-corrected chi connectivity index (χ0v) is 12.8. The predicted octanol–water partition coefficient (Wildman–Crippen LogP) is 2.84. The lowest BCUT2D eigenvalue weighted by Gasteiger charge is -2.09. The van der Waals surface area contributed by atoms with E-state index in [1.165, 1.54) is 12.1 Å². The monoisotopic (exact) mass is 324 g/mol. The van der Waals surface area contributed by atoms with Crippen LogP contribution in [0.2, 0.25) is 0 Å². The van der Waals surface area contributed by atoms with Crippen LogP contribution >= 0.6 is 0 Å². The first kappa shape index (κ1) is 14.3. The predicted molar refractivity (Wildman–Crippen MR) is 84.7 cm³/mol. The van der Waals surface area contributed by atoms with Crippen molar-refractivity contribution in [2.24, 2.45) is 0 Å². The number of fused-ring (bicyclic) bond motifs is 1. The van der Waals surface area contributed by atoms with Crippen LogP contribution in [0.25, 0.3) is 16.9 Å². The summed E-state index contributed by atoms with van der Waals surface area (Å²) in [4.78, 5) is 4.54. The normalized spacial score (nSPS) is 11.1. The van der Waals surface area contributed by atoms with Gasteiger partial charge in [0.2, 0.25) is 11.8 Å². The van der Waals surface area contributed by atoms with Crippen LogP contribution in [-0.4, -0.2) is 24.8 Å². The summed E-state index contributed by atoms with van der Waals surface area (Å²) in [5.41, 5.74) is 2.21. The fourth-order valence-corrected chi connectivity index (χ4v) is 2.38. The summed E-state index contributed by atoms with van der Waals surface area (Å²) in [6.07, 6.45) is 1.67. The van der Waals surface area contributed by atoms with Crippen LogP contribution in [0.4, 0.5) is 10.2 Å². The number of hydrogen-bond donors (Lipinski definition) is 1. The second-order valence-corrected chi connectivity index (χ2v) is 5.20. The molecule has 3 aromatic heterocycles. The fourth-order valence-electron chi connectivity index (χ4n) is 2.38. The Hall–Kier alpha value is -3.29. The van der Waals surface area contributed by atoms with Gasteiger partial charge in [-0.05, 0) is 24.3 Å². The van der Waals surface area contributed by atoms with Crippen LogP contribution in [0.3, 0.4) is 0 Å². The van der Waals surface area contributed by atoms with Crippen molar-refractivity contribution in [3.05, 3.63) is 60.2 Å². The molecule has 4 rings (SSSR count). The minimum absolute atomic E-state index is 0.283. The highest BCUT2D eigenvalue weighted by molar-refractivity contribution is 5.66. The number of anilines is 1. The molecular formula is C16H13FN6O. The van der Waals surface area contributed by atoms with Crippen molar-refractivity contribution in [1.82, 2.24) is 24.8 Å². The van der Waals surface area contributed by atoms with Gasteiger partial charge in [-0.15, -0.1) is 10.2 Å². The number of nitrogens with one attached hydrogen (secondary N) is 1. The molecule has 0 saturated heterocycles. The number of benzene rings is 1. The number of nitrogens with zero attached hydrogens (tertiary/aromatic N) is 5. The summed E-state index contributed by atoms with van der Waals surface area (Å²) in [7, 11) is 0. The highest BCUT2D eigenvalue weighted by Crippen LogP contribution is 2.22. The van der Waals surface area contributed by atoms with Crippen LogP contribution in [0, 0.1) is 12.7 Å². The third-order valence-electron chi connectivity index (χ3n) is 3.49. The Morgan fingerprint density at radius 3 is 2.75 bits per heavy atom. The van der Waals surface area contributed by atoms with Gasteiger partial charge in [0.25, 0.3) is 0 Å². The molecule has 24 heavy (non-hydrogen) atoms. The van der Waals surface area contributed by atoms with Gasteiger partial charge in [-0.2, -0.15) is 9.61 Å². The maximum atomic E-state index is 13.1. The van der Waals surface area contributed by atoms with E-state index >= 15 is 0 Å². The molecule has 1 N–H and O–H groups in total. The Morgan fingerprint density at radius 1 is 1.17 bits per heavy atom. The molecule has 0 amide bonds. The van der Waals surface area contributed by atoms with E-state index in [1.807, 2.05) is 6.07 Å². The van der Waals surface area contributed by atoms with Gasteiger partial charge >= 0.3 is 0 Å². The topological polar surface area (TPSA) is 81.1 Å². The molecule has 0 unspecified atom stereocenters. The van der Waals surface area contributed by atoms with Crippen LogP contribution in [0.15, 0.2) is 47.0 Å². The molecule has 3 heterocycles. The first-order valence-corrected chi connectivity index (χ1v) is 7.32. The van der Waals surface area contributed by atoms with E-state index in [0.717, 1.165) is 11.4 Å². The van der Waals surface area contributed by atoms with Crippen LogP contribution < -0.4 is 5.32 Å². The molecule has 0 aliphatic heterocycles. The molecule has 0 fully saturated rings. The average molecular weight is 324 g/mol. The van der Waals surface area contributed by atoms with E-state index < -0.39 is 0 Å². The number of hydrogen-bond acceptors (Lipinski definition) is 6. The van der Waals surface area contributed by atoms with Crippen molar-refractivity contribution in [1.29, 1.82) is 0 Å². The van der Waals surface area contributed by atoms with Gasteiger partial charge in [0.15, 0.2) is 5.65 Å². The van der Waals surface area contributed by atoms with Gasteiger partial charge in [-0.3, -0.25) is 0 Å². The summed E-state index contributed by atoms with van der Waals surface area (Å²) in [6.45, 7) is 2.10. The Kier molecular flexibility index (Phi) is 3.42. The van der Waals surface area contributed by atoms with E-state index in [2.05, 4.69) is 25.6 Å². The Balaban J connectivity index is 1.70. The first-order chi connectivity index (χ1) is 11.7. The Bertz CT molecular complexity index is 991. The minimum Gasteiger partial charge on any atom is -0.424 e. The third kappa shape index (κ3) is 2.69. The number of halogens is 1. The van der Waals surface area contributed by atoms with Crippen LogP contribution in [0.1, 0.15) is 11.8 Å². The Labute approximate surface area is 136 Å². The molecule has 8 heteroatoms. The van der Waals surface area contributed by atoms with E-state index in [0.29, 0.717) is 29.7 Å². The van der Waals surface area contributed by atoms with E-state index in [9.17, 15) is 4.39 Å². The standard InChI is InChI=1S/C16H13FN6O/c1-10-21-22-16(24-10)9-18-15-8-13(11-2-4-12(17)5-3-11)20-14-6-7-19-23(14)15/h2-8,18H,9H2,1H3. The van der Waals surface area contributed by atoms with Crippen LogP contribution in [0.5, 0.6) is 0 Å². The molecule has 1 aromatic carbocycles. The SMILES string of the molecule is Cc1nnc(CNc2cc(-c3ccc(F)cc3)nc3ccnn23)o1. The maximum Gasteiger partial charge on any atom is 0.235 e. The molecule has 0 saturated carbocycles. The van der Waals surface area contributed by atoms with Crippen molar-refractivity contribution >= 4 is 11.5 Å². The second kappa shape index (κ2) is 5.73. The molecule has 120 valence electrons. The zero-order valence-electron chi connectivity index (χ0n) is 12.8. The van der Waals surface area contributed by atoms with Gasteiger partial charge in [0.1, 0.15) is 11.6 Å². The average Bonchev–Trinajstić information content (AvgIpc) is 3.22. The van der Waals surface area contributed by atoms with Crippen LogP contribution in [-0.2, 0) is 6.54 Å². The molecule has 4 aromatic rings. The third-order valence-corrected chi connectivity index (χ3v) is 3.49. The zero-order chi connectivity index (χ0) is 16.5. The van der Waals surface area contributed by atoms with Crippen molar-refractivity contribution in [2.75, 3.05) is 5.32 Å². The molecular weight excluding hydrogens is 311 g/mol. The van der Waals surface area contributed by atoms with Crippen molar-refractivity contribution < 1.29 is 8.81 Å². The molecule has 0 aliphatic carbocycles. The quantitative estimate of drug-likeness (QED) is 0.622. The van der Waals surface area contributed by atoms with Crippen molar-refractivity contribution in [3.63, 3.8) is 0 Å². The molecule has 0 atom stereocenters. The van der Waals surface area contributed by atoms with Gasteiger partial charge in [0.05, 0.1) is 18.4 Å². The molecule has 0 aliphatic rings. The first-order valence-electron chi connectivity index (χ1n) is 7.32. The molecule has 0 radical (unpaired) electrons. The van der Waals surface area contributed by atoms with Crippen molar-refractivity contribution in [2.45, 2.75) is 13.5 Å². The lowest BCUT2D eigenvalue weighted by Crippen LogP contribution is -2.07. The van der Waals surface area contributed by atoms with Gasteiger partial charge in [0, 0.05) is 24.6 Å². The summed E-state index contributed by atoms with van der Waals surface area (Å²) >= 11 is 0. The lowest BCUT2D eigenvalue weighted by atomic mass is 10.1. The van der Waals surface area contributed by atoms with E-state index in [1.54, 1.807) is 35.8 Å². The molecule has 0 bridgehead atoms. The smallest absolute Gasteiger partial charge is 0.235 e. The fraction of sp³-hybridized carbons (Fsp3) is 0.125. The summed E-state index contributed by atoms with van der Waals surface area (Å²) in [5, 5.41) is 15.2. The highest BCUT2D eigenvalue weighted by Gasteiger charge is 2.10. The van der Waals surface area contributed by atoms with Gasteiger partial charge in [-0.25, -0.2) is 9.37 Å².